The van der Waals surface area contributed by atoms with Crippen molar-refractivity contribution in [1.82, 2.24) is 9.80 Å². The van der Waals surface area contributed by atoms with Crippen LogP contribution in [-0.2, 0) is 0 Å². The van der Waals surface area contributed by atoms with Gasteiger partial charge in [-0.05, 0) is 44.5 Å². The van der Waals surface area contributed by atoms with E-state index in [0.717, 1.165) is 31.2 Å². The normalized spacial score (nSPS) is 25.6. The van der Waals surface area contributed by atoms with Gasteiger partial charge < -0.3 is 4.90 Å². The molecule has 0 radical (unpaired) electrons. The summed E-state index contributed by atoms with van der Waals surface area (Å²) >= 11 is 0. The number of rotatable bonds is 3. The van der Waals surface area contributed by atoms with Gasteiger partial charge in [-0.2, -0.15) is 5.26 Å². The maximum Gasteiger partial charge on any atom is 0.0839 e. The summed E-state index contributed by atoms with van der Waals surface area (Å²) in [4.78, 5) is 5.15. The Morgan fingerprint density at radius 1 is 1.15 bits per heavy atom. The standard InChI is InChI=1S/C17H23N3/c18-12-16(15-6-2-1-3-7-15)13-19-9-5-11-20-10-4-8-17(20)14-19/h1-3,6-7,16-17H,4-5,8-11,13-14H2. The lowest BCUT2D eigenvalue weighted by Crippen LogP contribution is -2.38. The van der Waals surface area contributed by atoms with E-state index in [4.69, 9.17) is 0 Å². The molecule has 2 aliphatic rings. The topological polar surface area (TPSA) is 30.3 Å². The van der Waals surface area contributed by atoms with E-state index < -0.39 is 0 Å². The highest BCUT2D eigenvalue weighted by Crippen LogP contribution is 2.23. The maximum absolute atomic E-state index is 9.48. The molecule has 106 valence electrons. The smallest absolute Gasteiger partial charge is 0.0839 e. The Kier molecular flexibility index (Phi) is 4.34. The predicted molar refractivity (Wildman–Crippen MR) is 80.4 cm³/mol. The van der Waals surface area contributed by atoms with Crippen molar-refractivity contribution in [3.63, 3.8) is 0 Å². The van der Waals surface area contributed by atoms with Crippen molar-refractivity contribution < 1.29 is 0 Å². The zero-order valence-electron chi connectivity index (χ0n) is 12.0. The number of nitrogens with zero attached hydrogens (tertiary/aromatic N) is 3. The lowest BCUT2D eigenvalue weighted by atomic mass is 10.00. The highest BCUT2D eigenvalue weighted by Gasteiger charge is 2.29. The first-order valence-corrected chi connectivity index (χ1v) is 7.78. The van der Waals surface area contributed by atoms with Crippen molar-refractivity contribution in [3.05, 3.63) is 35.9 Å². The minimum absolute atomic E-state index is 0.00385. The number of fused-ring (bicyclic) bond motifs is 1. The van der Waals surface area contributed by atoms with E-state index in [1.54, 1.807) is 0 Å². The summed E-state index contributed by atoms with van der Waals surface area (Å²) in [5.74, 6) is 0.00385. The molecule has 2 unspecified atom stereocenters. The minimum Gasteiger partial charge on any atom is -0.300 e. The van der Waals surface area contributed by atoms with E-state index in [0.29, 0.717) is 0 Å². The van der Waals surface area contributed by atoms with Gasteiger partial charge in [0.2, 0.25) is 0 Å². The van der Waals surface area contributed by atoms with Crippen molar-refractivity contribution >= 4 is 0 Å². The summed E-state index contributed by atoms with van der Waals surface area (Å²) in [6.45, 7) is 5.68. The zero-order chi connectivity index (χ0) is 13.8. The summed E-state index contributed by atoms with van der Waals surface area (Å²) in [6.07, 6.45) is 3.92. The lowest BCUT2D eigenvalue weighted by molar-refractivity contribution is 0.218. The Morgan fingerprint density at radius 3 is 2.75 bits per heavy atom. The summed E-state index contributed by atoms with van der Waals surface area (Å²) < 4.78 is 0. The fraction of sp³-hybridized carbons (Fsp3) is 0.588. The lowest BCUT2D eigenvalue weighted by Gasteiger charge is -2.27. The summed E-state index contributed by atoms with van der Waals surface area (Å²) in [7, 11) is 0. The van der Waals surface area contributed by atoms with Gasteiger partial charge in [-0.1, -0.05) is 30.3 Å². The molecule has 0 amide bonds. The van der Waals surface area contributed by atoms with E-state index in [2.05, 4.69) is 28.0 Å². The molecule has 0 spiro atoms. The van der Waals surface area contributed by atoms with Crippen LogP contribution in [-0.4, -0.2) is 48.6 Å². The van der Waals surface area contributed by atoms with Crippen LogP contribution in [0.2, 0.25) is 0 Å². The molecule has 0 bridgehead atoms. The molecule has 1 aromatic carbocycles. The molecular weight excluding hydrogens is 246 g/mol. The summed E-state index contributed by atoms with van der Waals surface area (Å²) in [5.41, 5.74) is 1.16. The van der Waals surface area contributed by atoms with Gasteiger partial charge in [-0.15, -0.1) is 0 Å². The zero-order valence-corrected chi connectivity index (χ0v) is 12.0. The van der Waals surface area contributed by atoms with Gasteiger partial charge in [0.05, 0.1) is 12.0 Å². The number of nitriles is 1. The quantitative estimate of drug-likeness (QED) is 0.844. The second-order valence-electron chi connectivity index (χ2n) is 6.04. The molecule has 2 atom stereocenters. The Balaban J connectivity index is 1.65. The monoisotopic (exact) mass is 269 g/mol. The van der Waals surface area contributed by atoms with Crippen LogP contribution in [0.5, 0.6) is 0 Å². The Bertz CT molecular complexity index is 465. The molecular formula is C17H23N3. The van der Waals surface area contributed by atoms with Crippen molar-refractivity contribution in [2.24, 2.45) is 0 Å². The maximum atomic E-state index is 9.48. The molecule has 20 heavy (non-hydrogen) atoms. The molecule has 2 fully saturated rings. The molecule has 3 nitrogen and oxygen atoms in total. The molecule has 1 aromatic rings. The first kappa shape index (κ1) is 13.6. The van der Waals surface area contributed by atoms with Crippen LogP contribution in [0, 0.1) is 11.3 Å². The number of benzene rings is 1. The van der Waals surface area contributed by atoms with Gasteiger partial charge in [-0.3, -0.25) is 4.90 Å². The highest BCUT2D eigenvalue weighted by molar-refractivity contribution is 5.25. The second-order valence-corrected chi connectivity index (χ2v) is 6.04. The molecule has 3 rings (SSSR count). The largest absolute Gasteiger partial charge is 0.300 e. The second kappa shape index (κ2) is 6.39. The highest BCUT2D eigenvalue weighted by atomic mass is 15.3. The van der Waals surface area contributed by atoms with E-state index in [-0.39, 0.29) is 5.92 Å². The third kappa shape index (κ3) is 3.03. The molecule has 2 saturated heterocycles. The van der Waals surface area contributed by atoms with Crippen LogP contribution in [0.3, 0.4) is 0 Å². The predicted octanol–water partition coefficient (Wildman–Crippen LogP) is 2.46. The molecule has 0 aromatic heterocycles. The van der Waals surface area contributed by atoms with Crippen LogP contribution >= 0.6 is 0 Å². The van der Waals surface area contributed by atoms with Gasteiger partial charge in [0.25, 0.3) is 0 Å². The van der Waals surface area contributed by atoms with E-state index in [9.17, 15) is 5.26 Å². The van der Waals surface area contributed by atoms with Gasteiger partial charge >= 0.3 is 0 Å². The average Bonchev–Trinajstić information content (AvgIpc) is 2.84. The molecule has 3 heteroatoms. The Hall–Kier alpha value is -1.37. The Morgan fingerprint density at radius 2 is 1.95 bits per heavy atom. The molecule has 0 aliphatic carbocycles. The van der Waals surface area contributed by atoms with Crippen LogP contribution in [0.15, 0.2) is 30.3 Å². The first-order valence-electron chi connectivity index (χ1n) is 7.78. The minimum atomic E-state index is 0.00385. The van der Waals surface area contributed by atoms with E-state index in [1.807, 2.05) is 18.2 Å². The molecule has 0 N–H and O–H groups in total. The third-order valence-electron chi connectivity index (χ3n) is 4.69. The van der Waals surface area contributed by atoms with E-state index in [1.165, 1.54) is 32.4 Å². The van der Waals surface area contributed by atoms with E-state index >= 15 is 0 Å². The Labute approximate surface area is 121 Å². The van der Waals surface area contributed by atoms with Crippen LogP contribution in [0.25, 0.3) is 0 Å². The fourth-order valence-electron chi connectivity index (χ4n) is 3.61. The molecule has 2 aliphatic heterocycles. The summed E-state index contributed by atoms with van der Waals surface area (Å²) in [5, 5.41) is 9.48. The van der Waals surface area contributed by atoms with Crippen molar-refractivity contribution in [2.45, 2.75) is 31.2 Å². The molecule has 2 heterocycles. The van der Waals surface area contributed by atoms with Crippen LogP contribution in [0.1, 0.15) is 30.7 Å². The number of hydrogen-bond acceptors (Lipinski definition) is 3. The SMILES string of the molecule is N#CC(CN1CCCN2CCCC2C1)c1ccccc1. The van der Waals surface area contributed by atoms with Gasteiger partial charge in [-0.25, -0.2) is 0 Å². The number of hydrogen-bond donors (Lipinski definition) is 0. The van der Waals surface area contributed by atoms with Crippen molar-refractivity contribution in [2.75, 3.05) is 32.7 Å². The molecule has 0 saturated carbocycles. The van der Waals surface area contributed by atoms with Gasteiger partial charge in [0.15, 0.2) is 0 Å². The van der Waals surface area contributed by atoms with Crippen molar-refractivity contribution in [1.29, 1.82) is 5.26 Å². The fourth-order valence-corrected chi connectivity index (χ4v) is 3.61. The average molecular weight is 269 g/mol. The van der Waals surface area contributed by atoms with Gasteiger partial charge in [0, 0.05) is 19.1 Å². The van der Waals surface area contributed by atoms with Gasteiger partial charge in [0.1, 0.15) is 0 Å². The van der Waals surface area contributed by atoms with Crippen molar-refractivity contribution in [3.8, 4) is 6.07 Å². The third-order valence-corrected chi connectivity index (χ3v) is 4.69. The van der Waals surface area contributed by atoms with Crippen LogP contribution < -0.4 is 0 Å². The summed E-state index contributed by atoms with van der Waals surface area (Å²) in [6, 6.07) is 13.4. The first-order chi connectivity index (χ1) is 9.86. The van der Waals surface area contributed by atoms with Crippen LogP contribution in [0.4, 0.5) is 0 Å².